The average Bonchev–Trinajstić information content (AvgIpc) is 3.57. The second-order valence-corrected chi connectivity index (χ2v) is 17.6. The predicted molar refractivity (Wildman–Crippen MR) is 190 cm³/mol. The molecular formula is C39H47N3O9S. The van der Waals surface area contributed by atoms with E-state index in [0.717, 1.165) is 0 Å². The highest BCUT2D eigenvalue weighted by molar-refractivity contribution is 7.93. The summed E-state index contributed by atoms with van der Waals surface area (Å²) in [5, 5.41) is 26.7. The Morgan fingerprint density at radius 1 is 1.00 bits per heavy atom. The van der Waals surface area contributed by atoms with E-state index in [1.807, 2.05) is 0 Å². The van der Waals surface area contributed by atoms with Crippen LogP contribution in [0.1, 0.15) is 49.4 Å². The summed E-state index contributed by atoms with van der Waals surface area (Å²) in [5.41, 5.74) is -4.13. The Morgan fingerprint density at radius 2 is 1.79 bits per heavy atom. The van der Waals surface area contributed by atoms with Crippen molar-refractivity contribution in [3.8, 4) is 0 Å². The summed E-state index contributed by atoms with van der Waals surface area (Å²) < 4.78 is 55.7. The van der Waals surface area contributed by atoms with Gasteiger partial charge in [-0.1, -0.05) is 37.3 Å². The number of methoxy groups -OCH3 is 3. The van der Waals surface area contributed by atoms with E-state index in [1.165, 1.54) is 6.07 Å². The van der Waals surface area contributed by atoms with Gasteiger partial charge in [0.15, 0.2) is 0 Å². The number of nitrogens with zero attached hydrogens (tertiary/aromatic N) is 2. The SMILES string of the molecule is CCN1C[C@]2(OC(=O)c3ccccc3NS(=O)(=O)c3cccc4cccnc34)CC[C@H](OC)[C@]34C1[C@H](C[C@H]23)[C@@]1(O)C[C@H](OC)[C@H]2C[C@@H]4[C@]1(O)[C@H]2OC. The lowest BCUT2D eigenvalue weighted by molar-refractivity contribution is -0.337. The van der Waals surface area contributed by atoms with Gasteiger partial charge in [-0.05, 0) is 56.5 Å². The fourth-order valence-electron chi connectivity index (χ4n) is 12.9. The third kappa shape index (κ3) is 4.16. The molecule has 9 rings (SSSR count). The molecule has 1 aliphatic heterocycles. The average molecular weight is 734 g/mol. The third-order valence-electron chi connectivity index (χ3n) is 14.5. The zero-order chi connectivity index (χ0) is 36.4. The van der Waals surface area contributed by atoms with Crippen LogP contribution < -0.4 is 4.72 Å². The monoisotopic (exact) mass is 733 g/mol. The first-order valence-corrected chi connectivity index (χ1v) is 19.9. The quantitative estimate of drug-likeness (QED) is 0.276. The van der Waals surface area contributed by atoms with E-state index in [4.69, 9.17) is 18.9 Å². The minimum atomic E-state index is -4.16. The molecule has 1 saturated heterocycles. The second kappa shape index (κ2) is 11.7. The molecule has 0 amide bonds. The maximum atomic E-state index is 14.6. The molecule has 3 N–H and O–H groups in total. The highest BCUT2D eigenvalue weighted by atomic mass is 32.2. The smallest absolute Gasteiger partial charge is 0.340 e. The molecule has 5 saturated carbocycles. The van der Waals surface area contributed by atoms with Gasteiger partial charge in [-0.2, -0.15) is 0 Å². The van der Waals surface area contributed by atoms with E-state index in [9.17, 15) is 23.4 Å². The molecule has 2 heterocycles. The van der Waals surface area contributed by atoms with Gasteiger partial charge in [-0.15, -0.1) is 0 Å². The molecule has 6 aliphatic rings. The number of likely N-dealkylation sites (N-methyl/N-ethyl adjacent to an activating group) is 1. The Morgan fingerprint density at radius 3 is 2.54 bits per heavy atom. The number of hydrogen-bond acceptors (Lipinski definition) is 11. The van der Waals surface area contributed by atoms with Gasteiger partial charge in [-0.25, -0.2) is 13.2 Å². The Bertz CT molecular complexity index is 2040. The maximum absolute atomic E-state index is 14.6. The Balaban J connectivity index is 1.12. The van der Waals surface area contributed by atoms with E-state index in [2.05, 4.69) is 21.5 Å². The fourth-order valence-corrected chi connectivity index (χ4v) is 14.1. The van der Waals surface area contributed by atoms with Crippen LogP contribution in [0.4, 0.5) is 5.69 Å². The number of rotatable bonds is 9. The zero-order valence-corrected chi connectivity index (χ0v) is 30.7. The number of esters is 1. The van der Waals surface area contributed by atoms with Gasteiger partial charge in [0.1, 0.15) is 21.7 Å². The Labute approximate surface area is 303 Å². The number of carbonyl (C=O) groups is 1. The van der Waals surface area contributed by atoms with E-state index in [1.54, 1.807) is 76.1 Å². The van der Waals surface area contributed by atoms with Crippen LogP contribution in [0.15, 0.2) is 65.7 Å². The van der Waals surface area contributed by atoms with Crippen LogP contribution in [0, 0.1) is 29.1 Å². The largest absolute Gasteiger partial charge is 0.454 e. The highest BCUT2D eigenvalue weighted by Gasteiger charge is 2.89. The topological polar surface area (TPSA) is 157 Å². The van der Waals surface area contributed by atoms with Gasteiger partial charge in [0, 0.05) is 81.0 Å². The first-order valence-electron chi connectivity index (χ1n) is 18.4. The van der Waals surface area contributed by atoms with Crippen LogP contribution in [-0.2, 0) is 29.0 Å². The van der Waals surface area contributed by atoms with Crippen molar-refractivity contribution in [3.63, 3.8) is 0 Å². The normalized spacial score (nSPS) is 41.6. The van der Waals surface area contributed by atoms with Crippen molar-refractivity contribution < 1.29 is 42.4 Å². The van der Waals surface area contributed by atoms with Gasteiger partial charge in [-0.3, -0.25) is 14.6 Å². The summed E-state index contributed by atoms with van der Waals surface area (Å²) >= 11 is 0. The summed E-state index contributed by atoms with van der Waals surface area (Å²) in [5.74, 6) is -1.74. The van der Waals surface area contributed by atoms with E-state index < -0.39 is 50.2 Å². The number of carbonyl (C=O) groups excluding carboxylic acids is 1. The van der Waals surface area contributed by atoms with Crippen molar-refractivity contribution in [2.24, 2.45) is 29.1 Å². The number of hydrogen-bond donors (Lipinski definition) is 3. The van der Waals surface area contributed by atoms with Crippen molar-refractivity contribution in [2.75, 3.05) is 39.1 Å². The van der Waals surface area contributed by atoms with Crippen LogP contribution in [0.25, 0.3) is 10.9 Å². The van der Waals surface area contributed by atoms with Crippen LogP contribution in [-0.4, -0.2) is 110 Å². The summed E-state index contributed by atoms with van der Waals surface area (Å²) in [6.45, 7) is 3.19. The number of likely N-dealkylation sites (tertiary alicyclic amines) is 1. The molecule has 3 aromatic rings. The Hall–Kier alpha value is -3.17. The standard InChI is InChI=1S/C39H47N3O9S/c1-5-42-21-36(51-35(43)23-12-6-7-13-26(23)41-52(46,47)28-14-8-10-22-11-9-17-40-32(22)28)16-15-31(49-3)38-29(36)19-25(33(38)42)37(44)20-27(48-2)24-18-30(38)39(37,45)34(24)50-4/h6-14,17,24-25,27,29-31,33-34,41,44-45H,5,15-16,18-21H2,1-4H3/t24-,25+,27+,29-,30+,31+,33?,34+,36-,37+,38+,39+/m1/s1. The first-order chi connectivity index (χ1) is 24.9. The molecule has 1 aromatic heterocycles. The molecular weight excluding hydrogens is 687 g/mol. The molecule has 7 bridgehead atoms. The van der Waals surface area contributed by atoms with Crippen LogP contribution in [0.5, 0.6) is 0 Å². The number of para-hydroxylation sites is 2. The minimum Gasteiger partial charge on any atom is -0.454 e. The molecule has 1 spiro atoms. The van der Waals surface area contributed by atoms with E-state index >= 15 is 0 Å². The van der Waals surface area contributed by atoms with Crippen LogP contribution in [0.2, 0.25) is 0 Å². The number of pyridine rings is 1. The highest BCUT2D eigenvalue weighted by Crippen LogP contribution is 2.79. The van der Waals surface area contributed by atoms with Crippen molar-refractivity contribution in [2.45, 2.75) is 85.1 Å². The maximum Gasteiger partial charge on any atom is 0.340 e. The molecule has 2 aromatic carbocycles. The number of nitrogens with one attached hydrogen (secondary N) is 1. The number of benzene rings is 2. The molecule has 6 fully saturated rings. The predicted octanol–water partition coefficient (Wildman–Crippen LogP) is 3.61. The Kier molecular flexibility index (Phi) is 7.76. The summed E-state index contributed by atoms with van der Waals surface area (Å²) in [7, 11) is 0.839. The molecule has 0 radical (unpaired) electrons. The van der Waals surface area contributed by atoms with Crippen LogP contribution in [0.3, 0.4) is 0 Å². The lowest BCUT2D eigenvalue weighted by atomic mass is 9.44. The summed E-state index contributed by atoms with van der Waals surface area (Å²) in [4.78, 5) is 21.3. The van der Waals surface area contributed by atoms with Crippen LogP contribution >= 0.6 is 0 Å². The van der Waals surface area contributed by atoms with Gasteiger partial charge in [0.05, 0.1) is 35.1 Å². The van der Waals surface area contributed by atoms with Gasteiger partial charge >= 0.3 is 5.97 Å². The lowest BCUT2D eigenvalue weighted by Gasteiger charge is -2.70. The second-order valence-electron chi connectivity index (χ2n) is 15.9. The number of fused-ring (bicyclic) bond motifs is 3. The number of anilines is 1. The molecule has 13 heteroatoms. The lowest BCUT2D eigenvalue weighted by Crippen LogP contribution is -2.83. The third-order valence-corrected chi connectivity index (χ3v) is 15.9. The summed E-state index contributed by atoms with van der Waals surface area (Å²) in [6.07, 6.45) is 2.94. The van der Waals surface area contributed by atoms with Gasteiger partial charge in [0.25, 0.3) is 10.0 Å². The molecule has 12 atom stereocenters. The minimum absolute atomic E-state index is 0.00342. The number of aliphatic hydroxyl groups is 2. The van der Waals surface area contributed by atoms with Crippen molar-refractivity contribution in [3.05, 3.63) is 66.4 Å². The van der Waals surface area contributed by atoms with Gasteiger partial charge < -0.3 is 29.2 Å². The number of sulfonamides is 1. The molecule has 5 aliphatic carbocycles. The molecule has 278 valence electrons. The number of piperidine rings is 1. The zero-order valence-electron chi connectivity index (χ0n) is 29.9. The summed E-state index contributed by atoms with van der Waals surface area (Å²) in [6, 6.07) is 14.9. The van der Waals surface area contributed by atoms with E-state index in [-0.39, 0.29) is 52.1 Å². The number of ether oxygens (including phenoxy) is 4. The molecule has 12 nitrogen and oxygen atoms in total. The molecule has 1 unspecified atom stereocenters. The van der Waals surface area contributed by atoms with E-state index in [0.29, 0.717) is 56.1 Å². The molecule has 52 heavy (non-hydrogen) atoms. The van der Waals surface area contributed by atoms with Crippen molar-refractivity contribution in [1.29, 1.82) is 0 Å². The number of aromatic nitrogens is 1. The van der Waals surface area contributed by atoms with Crippen molar-refractivity contribution >= 4 is 32.6 Å². The first kappa shape index (κ1) is 34.6. The fraction of sp³-hybridized carbons (Fsp3) is 0.590. The van der Waals surface area contributed by atoms with Gasteiger partial charge in [0.2, 0.25) is 0 Å². The van der Waals surface area contributed by atoms with Crippen molar-refractivity contribution in [1.82, 2.24) is 9.88 Å².